The van der Waals surface area contributed by atoms with Gasteiger partial charge in [-0.05, 0) is 31.1 Å². The monoisotopic (exact) mass is 256 g/mol. The Hall–Kier alpha value is -0.220. The molecule has 0 aromatic rings. The SMILES string of the molecule is CC(C)CC1CSC(=NCC2CCOCC2)N1. The second kappa shape index (κ2) is 6.64. The number of nitrogens with one attached hydrogen (secondary N) is 1. The molecule has 1 unspecified atom stereocenters. The third-order valence-electron chi connectivity index (χ3n) is 3.34. The predicted octanol–water partition coefficient (Wildman–Crippen LogP) is 2.52. The number of ether oxygens (including phenoxy) is 1. The standard InChI is InChI=1S/C13H24N2OS/c1-10(2)7-12-9-17-13(15-12)14-8-11-3-5-16-6-4-11/h10-12H,3-9H2,1-2H3,(H,14,15). The molecule has 0 radical (unpaired) electrons. The van der Waals surface area contributed by atoms with Gasteiger partial charge in [-0.3, -0.25) is 4.99 Å². The summed E-state index contributed by atoms with van der Waals surface area (Å²) in [4.78, 5) is 4.72. The zero-order chi connectivity index (χ0) is 12.1. The van der Waals surface area contributed by atoms with Gasteiger partial charge in [0.2, 0.25) is 0 Å². The van der Waals surface area contributed by atoms with Crippen molar-refractivity contribution in [3.63, 3.8) is 0 Å². The zero-order valence-electron chi connectivity index (χ0n) is 10.9. The van der Waals surface area contributed by atoms with Crippen molar-refractivity contribution in [2.75, 3.05) is 25.5 Å². The molecule has 0 amide bonds. The molecule has 2 saturated heterocycles. The molecule has 2 fully saturated rings. The van der Waals surface area contributed by atoms with Crippen LogP contribution in [0.1, 0.15) is 33.1 Å². The molecule has 2 rings (SSSR count). The predicted molar refractivity (Wildman–Crippen MR) is 74.7 cm³/mol. The van der Waals surface area contributed by atoms with Crippen molar-refractivity contribution in [3.8, 4) is 0 Å². The van der Waals surface area contributed by atoms with Gasteiger partial charge in [0, 0.05) is 31.6 Å². The number of amidine groups is 1. The van der Waals surface area contributed by atoms with Crippen LogP contribution in [0, 0.1) is 11.8 Å². The third-order valence-corrected chi connectivity index (χ3v) is 4.43. The smallest absolute Gasteiger partial charge is 0.156 e. The van der Waals surface area contributed by atoms with Gasteiger partial charge in [-0.1, -0.05) is 25.6 Å². The van der Waals surface area contributed by atoms with Gasteiger partial charge in [0.25, 0.3) is 0 Å². The van der Waals surface area contributed by atoms with Crippen molar-refractivity contribution in [3.05, 3.63) is 0 Å². The maximum absolute atomic E-state index is 5.36. The summed E-state index contributed by atoms with van der Waals surface area (Å²) in [6, 6.07) is 0.633. The van der Waals surface area contributed by atoms with Crippen molar-refractivity contribution in [2.24, 2.45) is 16.8 Å². The second-order valence-electron chi connectivity index (χ2n) is 5.48. The summed E-state index contributed by atoms with van der Waals surface area (Å²) in [5.74, 6) is 2.69. The van der Waals surface area contributed by atoms with E-state index in [-0.39, 0.29) is 0 Å². The highest BCUT2D eigenvalue weighted by molar-refractivity contribution is 8.14. The minimum Gasteiger partial charge on any atom is -0.381 e. The van der Waals surface area contributed by atoms with Gasteiger partial charge in [-0.2, -0.15) is 0 Å². The van der Waals surface area contributed by atoms with Gasteiger partial charge in [-0.25, -0.2) is 0 Å². The Bertz CT molecular complexity index is 262. The molecule has 0 aromatic heterocycles. The lowest BCUT2D eigenvalue weighted by molar-refractivity contribution is 0.0689. The van der Waals surface area contributed by atoms with E-state index in [0.717, 1.165) is 31.6 Å². The highest BCUT2D eigenvalue weighted by Crippen LogP contribution is 2.20. The molecule has 3 nitrogen and oxygen atoms in total. The summed E-state index contributed by atoms with van der Waals surface area (Å²) in [5.41, 5.74) is 0. The quantitative estimate of drug-likeness (QED) is 0.839. The average Bonchev–Trinajstić information content (AvgIpc) is 2.75. The Balaban J connectivity index is 1.71. The lowest BCUT2D eigenvalue weighted by Crippen LogP contribution is -2.28. The summed E-state index contributed by atoms with van der Waals surface area (Å²) < 4.78 is 5.36. The molecule has 17 heavy (non-hydrogen) atoms. The number of hydrogen-bond acceptors (Lipinski definition) is 3. The molecule has 4 heteroatoms. The number of rotatable bonds is 4. The number of hydrogen-bond donors (Lipinski definition) is 1. The number of nitrogens with zero attached hydrogens (tertiary/aromatic N) is 1. The van der Waals surface area contributed by atoms with Crippen LogP contribution in [-0.4, -0.2) is 36.7 Å². The van der Waals surface area contributed by atoms with Crippen LogP contribution in [0.4, 0.5) is 0 Å². The molecule has 0 bridgehead atoms. The van der Waals surface area contributed by atoms with E-state index in [1.807, 2.05) is 11.8 Å². The van der Waals surface area contributed by atoms with Crippen molar-refractivity contribution in [2.45, 2.75) is 39.2 Å². The van der Waals surface area contributed by atoms with E-state index in [1.54, 1.807) is 0 Å². The Morgan fingerprint density at radius 1 is 1.41 bits per heavy atom. The van der Waals surface area contributed by atoms with Crippen molar-refractivity contribution < 1.29 is 4.74 Å². The lowest BCUT2D eigenvalue weighted by atomic mass is 10.0. The highest BCUT2D eigenvalue weighted by Gasteiger charge is 2.21. The first-order valence-electron chi connectivity index (χ1n) is 6.75. The largest absolute Gasteiger partial charge is 0.381 e. The van der Waals surface area contributed by atoms with Crippen LogP contribution in [0.15, 0.2) is 4.99 Å². The Labute approximate surface area is 109 Å². The fourth-order valence-corrected chi connectivity index (χ4v) is 3.36. The van der Waals surface area contributed by atoms with E-state index in [9.17, 15) is 0 Å². The summed E-state index contributed by atoms with van der Waals surface area (Å²) in [7, 11) is 0. The van der Waals surface area contributed by atoms with E-state index in [2.05, 4.69) is 19.2 Å². The maximum atomic E-state index is 5.36. The van der Waals surface area contributed by atoms with Gasteiger partial charge >= 0.3 is 0 Å². The first-order valence-corrected chi connectivity index (χ1v) is 7.74. The summed E-state index contributed by atoms with van der Waals surface area (Å²) in [6.45, 7) is 7.39. The van der Waals surface area contributed by atoms with Gasteiger partial charge in [-0.15, -0.1) is 0 Å². The normalized spacial score (nSPS) is 28.9. The van der Waals surface area contributed by atoms with Crippen LogP contribution in [0.2, 0.25) is 0 Å². The molecule has 0 saturated carbocycles. The van der Waals surface area contributed by atoms with Gasteiger partial charge in [0.05, 0.1) is 0 Å². The van der Waals surface area contributed by atoms with E-state index >= 15 is 0 Å². The van der Waals surface area contributed by atoms with Crippen LogP contribution in [0.5, 0.6) is 0 Å². The Morgan fingerprint density at radius 2 is 2.18 bits per heavy atom. The average molecular weight is 256 g/mol. The van der Waals surface area contributed by atoms with E-state index < -0.39 is 0 Å². The molecule has 1 N–H and O–H groups in total. The molecule has 0 spiro atoms. The third kappa shape index (κ3) is 4.51. The van der Waals surface area contributed by atoms with Crippen molar-refractivity contribution >= 4 is 16.9 Å². The van der Waals surface area contributed by atoms with E-state index in [4.69, 9.17) is 9.73 Å². The molecular weight excluding hydrogens is 232 g/mol. The zero-order valence-corrected chi connectivity index (χ0v) is 11.8. The van der Waals surface area contributed by atoms with Crippen LogP contribution < -0.4 is 5.32 Å². The molecule has 1 atom stereocenters. The van der Waals surface area contributed by atoms with Gasteiger partial charge in [0.1, 0.15) is 0 Å². The minimum absolute atomic E-state index is 0.633. The van der Waals surface area contributed by atoms with Crippen molar-refractivity contribution in [1.29, 1.82) is 0 Å². The van der Waals surface area contributed by atoms with E-state index in [0.29, 0.717) is 6.04 Å². The summed E-state index contributed by atoms with van der Waals surface area (Å²) in [6.07, 6.45) is 3.61. The molecular formula is C13H24N2OS. The summed E-state index contributed by atoms with van der Waals surface area (Å²) in [5, 5.41) is 4.71. The lowest BCUT2D eigenvalue weighted by Gasteiger charge is -2.20. The molecule has 0 aliphatic carbocycles. The maximum Gasteiger partial charge on any atom is 0.156 e. The minimum atomic E-state index is 0.633. The first kappa shape index (κ1) is 13.2. The van der Waals surface area contributed by atoms with Crippen LogP contribution in [-0.2, 0) is 4.74 Å². The number of aliphatic imine (C=N–C) groups is 1. The molecule has 98 valence electrons. The van der Waals surface area contributed by atoms with E-state index in [1.165, 1.54) is 30.2 Å². The van der Waals surface area contributed by atoms with Crippen LogP contribution in [0.25, 0.3) is 0 Å². The Morgan fingerprint density at radius 3 is 2.88 bits per heavy atom. The van der Waals surface area contributed by atoms with Crippen LogP contribution in [0.3, 0.4) is 0 Å². The van der Waals surface area contributed by atoms with Gasteiger partial charge < -0.3 is 10.1 Å². The highest BCUT2D eigenvalue weighted by atomic mass is 32.2. The molecule has 2 aliphatic rings. The Kier molecular flexibility index (Phi) is 5.16. The van der Waals surface area contributed by atoms with Crippen LogP contribution >= 0.6 is 11.8 Å². The molecule has 0 aromatic carbocycles. The molecule has 2 aliphatic heterocycles. The first-order chi connectivity index (χ1) is 8.24. The van der Waals surface area contributed by atoms with Crippen molar-refractivity contribution in [1.82, 2.24) is 5.32 Å². The molecule has 2 heterocycles. The fraction of sp³-hybridized carbons (Fsp3) is 0.923. The van der Waals surface area contributed by atoms with Gasteiger partial charge in [0.15, 0.2) is 5.17 Å². The fourth-order valence-electron chi connectivity index (χ4n) is 2.37. The number of thioether (sulfide) groups is 1. The second-order valence-corrected chi connectivity index (χ2v) is 6.49. The summed E-state index contributed by atoms with van der Waals surface area (Å²) >= 11 is 1.89. The topological polar surface area (TPSA) is 33.6 Å².